The first-order valence-corrected chi connectivity index (χ1v) is 11.3. The fourth-order valence-corrected chi connectivity index (χ4v) is 5.06. The molecule has 3 heterocycles. The summed E-state index contributed by atoms with van der Waals surface area (Å²) in [6, 6.07) is 5.82. The quantitative estimate of drug-likeness (QED) is 0.564. The molecule has 0 spiro atoms. The van der Waals surface area contributed by atoms with Crippen molar-refractivity contribution < 1.29 is 4.79 Å². The van der Waals surface area contributed by atoms with Crippen LogP contribution in [0, 0.1) is 6.92 Å². The molecule has 4 rings (SSSR count). The molecule has 1 unspecified atom stereocenters. The number of halogens is 1. The van der Waals surface area contributed by atoms with Gasteiger partial charge >= 0.3 is 0 Å². The molecule has 3 aromatic rings. The molecule has 1 fully saturated rings. The van der Waals surface area contributed by atoms with Crippen molar-refractivity contribution in [2.45, 2.75) is 30.8 Å². The summed E-state index contributed by atoms with van der Waals surface area (Å²) in [5.74, 6) is 0.812. The van der Waals surface area contributed by atoms with Crippen molar-refractivity contribution in [3.8, 4) is 5.69 Å². The molecule has 1 aliphatic rings. The van der Waals surface area contributed by atoms with Gasteiger partial charge in [-0.05, 0) is 37.5 Å². The number of carbonyl (C=O) groups excluding carboxylic acids is 1. The Morgan fingerprint density at radius 2 is 2.32 bits per heavy atom. The minimum Gasteiger partial charge on any atom is -0.341 e. The molecule has 1 saturated heterocycles. The van der Waals surface area contributed by atoms with Gasteiger partial charge in [0.05, 0.1) is 16.4 Å². The van der Waals surface area contributed by atoms with E-state index in [-0.39, 0.29) is 5.91 Å². The van der Waals surface area contributed by atoms with Crippen LogP contribution in [0.25, 0.3) is 5.69 Å². The third-order valence-corrected chi connectivity index (χ3v) is 7.12. The van der Waals surface area contributed by atoms with Gasteiger partial charge in [-0.15, -0.1) is 21.5 Å². The van der Waals surface area contributed by atoms with Gasteiger partial charge in [0.2, 0.25) is 5.91 Å². The number of benzene rings is 1. The summed E-state index contributed by atoms with van der Waals surface area (Å²) in [6.07, 6.45) is 5.58. The molecule has 1 atom stereocenters. The van der Waals surface area contributed by atoms with Crippen molar-refractivity contribution in [2.75, 3.05) is 18.8 Å². The summed E-state index contributed by atoms with van der Waals surface area (Å²) in [7, 11) is 0. The number of likely N-dealkylation sites (tertiary alicyclic amines) is 1. The van der Waals surface area contributed by atoms with Gasteiger partial charge < -0.3 is 4.90 Å². The molecule has 2 aromatic heterocycles. The Balaban J connectivity index is 1.40. The van der Waals surface area contributed by atoms with Crippen LogP contribution in [0.5, 0.6) is 0 Å². The van der Waals surface area contributed by atoms with Crippen molar-refractivity contribution in [2.24, 2.45) is 0 Å². The normalized spacial score (nSPS) is 17.1. The number of hydrogen-bond donors (Lipinski definition) is 0. The van der Waals surface area contributed by atoms with E-state index in [2.05, 4.69) is 15.2 Å². The Morgan fingerprint density at radius 3 is 3.11 bits per heavy atom. The topological polar surface area (TPSA) is 63.9 Å². The van der Waals surface area contributed by atoms with E-state index in [1.54, 1.807) is 17.7 Å². The van der Waals surface area contributed by atoms with Crippen molar-refractivity contribution in [3.63, 3.8) is 0 Å². The summed E-state index contributed by atoms with van der Waals surface area (Å²) in [5, 5.41) is 12.7. The molecule has 1 amide bonds. The Hall–Kier alpha value is -1.90. The van der Waals surface area contributed by atoms with Gasteiger partial charge in [-0.2, -0.15) is 0 Å². The summed E-state index contributed by atoms with van der Waals surface area (Å²) in [5.41, 5.74) is 1.90. The number of nitrogens with zero attached hydrogens (tertiary/aromatic N) is 5. The molecule has 0 aliphatic carbocycles. The van der Waals surface area contributed by atoms with Crippen molar-refractivity contribution in [1.82, 2.24) is 24.6 Å². The molecular weight excluding hydrogens is 414 g/mol. The monoisotopic (exact) mass is 433 g/mol. The predicted molar refractivity (Wildman–Crippen MR) is 112 cm³/mol. The van der Waals surface area contributed by atoms with Crippen LogP contribution in [0.2, 0.25) is 5.02 Å². The number of thiazole rings is 1. The minimum atomic E-state index is 0.128. The highest BCUT2D eigenvalue weighted by molar-refractivity contribution is 7.99. The van der Waals surface area contributed by atoms with E-state index in [1.165, 1.54) is 11.8 Å². The molecule has 9 heteroatoms. The van der Waals surface area contributed by atoms with Crippen molar-refractivity contribution >= 4 is 40.6 Å². The highest BCUT2D eigenvalue weighted by atomic mass is 35.5. The van der Waals surface area contributed by atoms with E-state index in [4.69, 9.17) is 11.6 Å². The van der Waals surface area contributed by atoms with Crippen LogP contribution < -0.4 is 0 Å². The lowest BCUT2D eigenvalue weighted by molar-refractivity contribution is -0.129. The average molecular weight is 434 g/mol. The summed E-state index contributed by atoms with van der Waals surface area (Å²) in [6.45, 7) is 3.51. The summed E-state index contributed by atoms with van der Waals surface area (Å²) < 4.78 is 1.86. The van der Waals surface area contributed by atoms with Crippen LogP contribution in [0.1, 0.15) is 29.3 Å². The molecule has 1 aliphatic heterocycles. The van der Waals surface area contributed by atoms with Crippen LogP contribution >= 0.6 is 34.7 Å². The average Bonchev–Trinajstić information content (AvgIpc) is 3.40. The second-order valence-electron chi connectivity index (χ2n) is 6.75. The number of aryl methyl sites for hydroxylation is 1. The maximum atomic E-state index is 12.8. The van der Waals surface area contributed by atoms with Gasteiger partial charge in [-0.3, -0.25) is 9.36 Å². The minimum absolute atomic E-state index is 0.128. The zero-order valence-corrected chi connectivity index (χ0v) is 17.8. The third kappa shape index (κ3) is 4.24. The molecule has 0 bridgehead atoms. The van der Waals surface area contributed by atoms with E-state index < -0.39 is 0 Å². The van der Waals surface area contributed by atoms with Crippen LogP contribution in [0.15, 0.2) is 41.3 Å². The van der Waals surface area contributed by atoms with Gasteiger partial charge in [-0.25, -0.2) is 4.98 Å². The first-order chi connectivity index (χ1) is 13.6. The van der Waals surface area contributed by atoms with E-state index >= 15 is 0 Å². The van der Waals surface area contributed by atoms with Crippen molar-refractivity contribution in [1.29, 1.82) is 0 Å². The molecule has 0 N–H and O–H groups in total. The first kappa shape index (κ1) is 19.4. The number of piperidine rings is 1. The van der Waals surface area contributed by atoms with Gasteiger partial charge in [0.25, 0.3) is 0 Å². The lowest BCUT2D eigenvalue weighted by Gasteiger charge is -2.31. The number of aromatic nitrogens is 4. The Bertz CT molecular complexity index is 959. The maximum Gasteiger partial charge on any atom is 0.233 e. The van der Waals surface area contributed by atoms with Gasteiger partial charge in [-0.1, -0.05) is 29.4 Å². The van der Waals surface area contributed by atoms with Gasteiger partial charge in [0.15, 0.2) is 5.16 Å². The smallest absolute Gasteiger partial charge is 0.233 e. The Morgan fingerprint density at radius 1 is 1.43 bits per heavy atom. The van der Waals surface area contributed by atoms with E-state index in [1.807, 2.05) is 46.2 Å². The third-order valence-electron chi connectivity index (χ3n) is 4.85. The first-order valence-electron chi connectivity index (χ1n) is 9.08. The molecule has 146 valence electrons. The van der Waals surface area contributed by atoms with Gasteiger partial charge in [0, 0.05) is 35.6 Å². The number of hydrogen-bond acceptors (Lipinski definition) is 6. The molecule has 28 heavy (non-hydrogen) atoms. The van der Waals surface area contributed by atoms with E-state index in [9.17, 15) is 4.79 Å². The molecule has 0 saturated carbocycles. The Labute approximate surface area is 176 Å². The van der Waals surface area contributed by atoms with E-state index in [0.29, 0.717) is 21.8 Å². The zero-order valence-electron chi connectivity index (χ0n) is 15.4. The second kappa shape index (κ2) is 8.63. The molecule has 1 aromatic carbocycles. The highest BCUT2D eigenvalue weighted by Gasteiger charge is 2.26. The number of carbonyl (C=O) groups is 1. The second-order valence-corrected chi connectivity index (χ2v) is 9.03. The summed E-state index contributed by atoms with van der Waals surface area (Å²) in [4.78, 5) is 19.1. The lowest BCUT2D eigenvalue weighted by Crippen LogP contribution is -2.40. The number of thioether (sulfide) groups is 1. The SMILES string of the molecule is Cc1ccc(-n2cnnc2SCC(=O)N2CCCC(c3nccs3)C2)cc1Cl. The lowest BCUT2D eigenvalue weighted by atomic mass is 9.99. The van der Waals surface area contributed by atoms with Crippen LogP contribution in [-0.2, 0) is 4.79 Å². The number of amides is 1. The fraction of sp³-hybridized carbons (Fsp3) is 0.368. The van der Waals surface area contributed by atoms with Gasteiger partial charge in [0.1, 0.15) is 6.33 Å². The predicted octanol–water partition coefficient (Wildman–Crippen LogP) is 4.18. The number of rotatable bonds is 5. The van der Waals surface area contributed by atoms with Crippen molar-refractivity contribution in [3.05, 3.63) is 51.7 Å². The molecular formula is C19H20ClN5OS2. The highest BCUT2D eigenvalue weighted by Crippen LogP contribution is 2.29. The molecule has 0 radical (unpaired) electrons. The van der Waals surface area contributed by atoms with Crippen LogP contribution in [0.4, 0.5) is 0 Å². The Kier molecular flexibility index (Phi) is 5.99. The van der Waals surface area contributed by atoms with Crippen LogP contribution in [-0.4, -0.2) is 49.4 Å². The van der Waals surface area contributed by atoms with E-state index in [0.717, 1.165) is 42.2 Å². The van der Waals surface area contributed by atoms with Crippen LogP contribution in [0.3, 0.4) is 0 Å². The zero-order chi connectivity index (χ0) is 19.5. The standard InChI is InChI=1S/C19H20ClN5OS2/c1-13-4-5-15(9-16(13)20)25-12-22-23-19(25)28-11-17(26)24-7-2-3-14(10-24)18-21-6-8-27-18/h4-6,8-9,12,14H,2-3,7,10-11H2,1H3. The fourth-order valence-electron chi connectivity index (χ4n) is 3.29. The summed E-state index contributed by atoms with van der Waals surface area (Å²) >= 11 is 9.31. The molecule has 6 nitrogen and oxygen atoms in total. The largest absolute Gasteiger partial charge is 0.341 e. The maximum absolute atomic E-state index is 12.8.